The van der Waals surface area contributed by atoms with Crippen LogP contribution >= 0.6 is 50.5 Å². The van der Waals surface area contributed by atoms with Crippen molar-refractivity contribution in [2.75, 3.05) is 11.5 Å². The minimum atomic E-state index is -0.0400. The lowest BCUT2D eigenvalue weighted by Crippen LogP contribution is -2.19. The third-order valence-electron chi connectivity index (χ3n) is 2.15. The third-order valence-corrected chi connectivity index (χ3v) is 4.06. The van der Waals surface area contributed by atoms with E-state index < -0.39 is 0 Å². The first-order valence-corrected chi connectivity index (χ1v) is 7.52. The van der Waals surface area contributed by atoms with E-state index >= 15 is 0 Å². The lowest BCUT2D eigenvalue weighted by molar-refractivity contribution is 0.0708. The summed E-state index contributed by atoms with van der Waals surface area (Å²) >= 11 is 17.2. The Morgan fingerprint density at radius 2 is 1.20 bits per heavy atom. The molecule has 0 aliphatic carbocycles. The van der Waals surface area contributed by atoms with Crippen molar-refractivity contribution >= 4 is 50.5 Å². The molecule has 5 heteroatoms. The third kappa shape index (κ3) is 9.10. The molecule has 0 aromatic rings. The molecule has 4 atom stereocenters. The van der Waals surface area contributed by atoms with Gasteiger partial charge in [0, 0.05) is 0 Å². The average molecular weight is 287 g/mol. The first-order chi connectivity index (χ1) is 6.99. The second-order valence-corrected chi connectivity index (χ2v) is 5.97. The van der Waals surface area contributed by atoms with Gasteiger partial charge in [-0.2, -0.15) is 25.3 Å². The first kappa shape index (κ1) is 16.4. The summed E-state index contributed by atoms with van der Waals surface area (Å²) < 4.78 is 5.66. The molecule has 0 aliphatic heterocycles. The molecule has 0 aromatic carbocycles. The van der Waals surface area contributed by atoms with Crippen molar-refractivity contribution in [2.45, 2.75) is 37.6 Å². The Labute approximate surface area is 116 Å². The molecule has 0 rings (SSSR count). The van der Waals surface area contributed by atoms with Crippen LogP contribution in [0.25, 0.3) is 0 Å². The Morgan fingerprint density at radius 3 is 1.47 bits per heavy atom. The number of hydrogen-bond donors (Lipinski definition) is 4. The van der Waals surface area contributed by atoms with E-state index in [-0.39, 0.29) is 10.9 Å². The van der Waals surface area contributed by atoms with E-state index in [1.165, 1.54) is 0 Å². The SMILES string of the molecule is CC(CS)CC(S)OC(S)CC(C)CS. The predicted molar refractivity (Wildman–Crippen MR) is 81.9 cm³/mol. The van der Waals surface area contributed by atoms with E-state index in [1.54, 1.807) is 0 Å². The van der Waals surface area contributed by atoms with Crippen LogP contribution in [0.3, 0.4) is 0 Å². The summed E-state index contributed by atoms with van der Waals surface area (Å²) in [4.78, 5) is 0. The van der Waals surface area contributed by atoms with E-state index in [2.05, 4.69) is 64.4 Å². The Bertz CT molecular complexity index is 140. The molecule has 0 spiro atoms. The summed E-state index contributed by atoms with van der Waals surface area (Å²) in [6.45, 7) is 4.28. The molecule has 0 radical (unpaired) electrons. The number of ether oxygens (including phenoxy) is 1. The summed E-state index contributed by atoms with van der Waals surface area (Å²) in [5.74, 6) is 2.78. The van der Waals surface area contributed by atoms with Crippen molar-refractivity contribution in [3.05, 3.63) is 0 Å². The molecule has 0 bridgehead atoms. The zero-order valence-electron chi connectivity index (χ0n) is 9.33. The summed E-state index contributed by atoms with van der Waals surface area (Å²) in [7, 11) is 0. The molecule has 0 fully saturated rings. The molecule has 15 heavy (non-hydrogen) atoms. The maximum absolute atomic E-state index is 5.66. The van der Waals surface area contributed by atoms with Gasteiger partial charge in [0.05, 0.1) is 0 Å². The lowest BCUT2D eigenvalue weighted by Gasteiger charge is -2.21. The maximum atomic E-state index is 5.66. The van der Waals surface area contributed by atoms with E-state index in [9.17, 15) is 0 Å². The summed E-state index contributed by atoms with van der Waals surface area (Å²) in [6.07, 6.45) is 1.83. The molecule has 0 aromatic heterocycles. The largest absolute Gasteiger partial charge is 0.354 e. The highest BCUT2D eigenvalue weighted by Gasteiger charge is 2.14. The Kier molecular flexibility index (Phi) is 10.2. The molecule has 0 aliphatic rings. The van der Waals surface area contributed by atoms with Gasteiger partial charge in [0.2, 0.25) is 0 Å². The van der Waals surface area contributed by atoms with E-state index in [1.807, 2.05) is 0 Å². The molecule has 0 saturated heterocycles. The van der Waals surface area contributed by atoms with Crippen LogP contribution < -0.4 is 0 Å². The Morgan fingerprint density at radius 1 is 0.867 bits per heavy atom. The molecule has 1 nitrogen and oxygen atoms in total. The van der Waals surface area contributed by atoms with Crippen LogP contribution in [0.2, 0.25) is 0 Å². The van der Waals surface area contributed by atoms with Crippen LogP contribution in [0, 0.1) is 11.8 Å². The van der Waals surface area contributed by atoms with Gasteiger partial charge in [-0.3, -0.25) is 0 Å². The minimum absolute atomic E-state index is 0.0400. The van der Waals surface area contributed by atoms with E-state index in [0.717, 1.165) is 24.3 Å². The highest BCUT2D eigenvalue weighted by atomic mass is 32.1. The summed E-state index contributed by atoms with van der Waals surface area (Å²) in [5.41, 5.74) is -0.0801. The van der Waals surface area contributed by atoms with Crippen LogP contribution in [0.4, 0.5) is 0 Å². The average Bonchev–Trinajstić information content (AvgIpc) is 2.16. The molecular weight excluding hydrogens is 264 g/mol. The van der Waals surface area contributed by atoms with Crippen LogP contribution in [-0.4, -0.2) is 22.4 Å². The fraction of sp³-hybridized carbons (Fsp3) is 1.00. The second kappa shape index (κ2) is 9.40. The van der Waals surface area contributed by atoms with Crippen LogP contribution in [-0.2, 0) is 4.74 Å². The summed E-state index contributed by atoms with van der Waals surface area (Å²) in [5, 5.41) is 0. The van der Waals surface area contributed by atoms with Gasteiger partial charge < -0.3 is 4.74 Å². The predicted octanol–water partition coefficient (Wildman–Crippen LogP) is 3.43. The monoisotopic (exact) mass is 286 g/mol. The zero-order valence-corrected chi connectivity index (χ0v) is 12.9. The number of thiol groups is 4. The first-order valence-electron chi connectivity index (χ1n) is 5.22. The molecule has 4 unspecified atom stereocenters. The molecule has 0 heterocycles. The van der Waals surface area contributed by atoms with Gasteiger partial charge in [0.1, 0.15) is 10.9 Å². The minimum Gasteiger partial charge on any atom is -0.354 e. The highest BCUT2D eigenvalue weighted by molar-refractivity contribution is 7.81. The van der Waals surface area contributed by atoms with Crippen molar-refractivity contribution in [1.29, 1.82) is 0 Å². The standard InChI is InChI=1S/C10H22OS4/c1-7(5-12)3-9(14)11-10(15)4-8(2)6-13/h7-10,12-15H,3-6H2,1-2H3. The van der Waals surface area contributed by atoms with Crippen LogP contribution in [0.1, 0.15) is 26.7 Å². The zero-order chi connectivity index (χ0) is 11.8. The van der Waals surface area contributed by atoms with Crippen LogP contribution in [0.15, 0.2) is 0 Å². The van der Waals surface area contributed by atoms with Crippen molar-refractivity contribution in [3.8, 4) is 0 Å². The molecular formula is C10H22OS4. The second-order valence-electron chi connectivity index (χ2n) is 4.09. The van der Waals surface area contributed by atoms with Gasteiger partial charge in [0.25, 0.3) is 0 Å². The Balaban J connectivity index is 3.70. The van der Waals surface area contributed by atoms with Crippen molar-refractivity contribution < 1.29 is 4.74 Å². The van der Waals surface area contributed by atoms with Gasteiger partial charge in [-0.25, -0.2) is 0 Å². The fourth-order valence-corrected chi connectivity index (χ4v) is 2.54. The smallest absolute Gasteiger partial charge is 0.102 e. The quantitative estimate of drug-likeness (QED) is 0.395. The maximum Gasteiger partial charge on any atom is 0.102 e. The van der Waals surface area contributed by atoms with Gasteiger partial charge in [-0.1, -0.05) is 13.8 Å². The van der Waals surface area contributed by atoms with Crippen molar-refractivity contribution in [2.24, 2.45) is 11.8 Å². The van der Waals surface area contributed by atoms with E-state index in [0.29, 0.717) is 11.8 Å². The summed E-state index contributed by atoms with van der Waals surface area (Å²) in [6, 6.07) is 0. The fourth-order valence-electron chi connectivity index (χ4n) is 1.13. The van der Waals surface area contributed by atoms with Crippen molar-refractivity contribution in [1.82, 2.24) is 0 Å². The van der Waals surface area contributed by atoms with Gasteiger partial charge >= 0.3 is 0 Å². The van der Waals surface area contributed by atoms with Gasteiger partial charge in [-0.15, -0.1) is 25.3 Å². The van der Waals surface area contributed by atoms with Gasteiger partial charge in [-0.05, 0) is 36.2 Å². The van der Waals surface area contributed by atoms with Crippen molar-refractivity contribution in [3.63, 3.8) is 0 Å². The topological polar surface area (TPSA) is 9.23 Å². The van der Waals surface area contributed by atoms with E-state index in [4.69, 9.17) is 4.74 Å². The number of rotatable bonds is 8. The lowest BCUT2D eigenvalue weighted by atomic mass is 10.1. The van der Waals surface area contributed by atoms with Crippen LogP contribution in [0.5, 0.6) is 0 Å². The Hall–Kier alpha value is 1.36. The molecule has 0 N–H and O–H groups in total. The normalized spacial score (nSPS) is 19.6. The molecule has 0 saturated carbocycles. The molecule has 0 amide bonds. The van der Waals surface area contributed by atoms with Gasteiger partial charge in [0.15, 0.2) is 0 Å². The highest BCUT2D eigenvalue weighted by Crippen LogP contribution is 2.20. The molecule has 92 valence electrons. The number of hydrogen-bond acceptors (Lipinski definition) is 5.